The Kier molecular flexibility index (Phi) is 5.55. The van der Waals surface area contributed by atoms with Crippen molar-refractivity contribution in [2.75, 3.05) is 26.2 Å². The maximum Gasteiger partial charge on any atom is 0.137 e. The number of aryl methyl sites for hydroxylation is 3. The Morgan fingerprint density at radius 3 is 2.48 bits per heavy atom. The molecular formula is C22H37N7. The van der Waals surface area contributed by atoms with Crippen molar-refractivity contribution in [2.24, 2.45) is 12.5 Å². The number of nitrogens with zero attached hydrogens (tertiary/aromatic N) is 7. The Labute approximate surface area is 175 Å². The van der Waals surface area contributed by atoms with E-state index in [1.54, 1.807) is 0 Å². The van der Waals surface area contributed by atoms with Crippen molar-refractivity contribution < 1.29 is 0 Å². The average molecular weight is 400 g/mol. The van der Waals surface area contributed by atoms with Gasteiger partial charge in [0, 0.05) is 56.4 Å². The molecule has 0 saturated carbocycles. The minimum Gasteiger partial charge on any atom is -0.320 e. The van der Waals surface area contributed by atoms with Crippen LogP contribution in [0.1, 0.15) is 62.3 Å². The summed E-state index contributed by atoms with van der Waals surface area (Å²) in [6.45, 7) is 17.7. The largest absolute Gasteiger partial charge is 0.320 e. The molecule has 7 nitrogen and oxygen atoms in total. The van der Waals surface area contributed by atoms with Crippen LogP contribution in [0.3, 0.4) is 0 Å². The van der Waals surface area contributed by atoms with Crippen molar-refractivity contribution in [1.82, 2.24) is 34.3 Å². The molecule has 7 heteroatoms. The van der Waals surface area contributed by atoms with E-state index in [0.717, 1.165) is 38.5 Å². The summed E-state index contributed by atoms with van der Waals surface area (Å²) < 4.78 is 4.27. The summed E-state index contributed by atoms with van der Waals surface area (Å²) in [6.07, 6.45) is 4.31. The first kappa shape index (κ1) is 20.5. The van der Waals surface area contributed by atoms with E-state index in [1.165, 1.54) is 36.3 Å². The van der Waals surface area contributed by atoms with E-state index in [2.05, 4.69) is 70.9 Å². The molecule has 1 atom stereocenters. The maximum atomic E-state index is 4.72. The summed E-state index contributed by atoms with van der Waals surface area (Å²) in [5.74, 6) is 1.64. The van der Waals surface area contributed by atoms with E-state index >= 15 is 0 Å². The fourth-order valence-corrected chi connectivity index (χ4v) is 5.52. The highest BCUT2D eigenvalue weighted by molar-refractivity contribution is 5.24. The third-order valence-corrected chi connectivity index (χ3v) is 7.53. The van der Waals surface area contributed by atoms with Gasteiger partial charge in [0.2, 0.25) is 0 Å². The van der Waals surface area contributed by atoms with Gasteiger partial charge in [0.05, 0.1) is 5.69 Å². The lowest BCUT2D eigenvalue weighted by Gasteiger charge is -2.42. The van der Waals surface area contributed by atoms with Crippen molar-refractivity contribution in [3.63, 3.8) is 0 Å². The van der Waals surface area contributed by atoms with E-state index in [1.807, 2.05) is 6.33 Å². The number of hydrogen-bond donors (Lipinski definition) is 0. The first-order valence-corrected chi connectivity index (χ1v) is 11.2. The van der Waals surface area contributed by atoms with Gasteiger partial charge in [-0.15, -0.1) is 10.2 Å². The van der Waals surface area contributed by atoms with Gasteiger partial charge in [-0.25, -0.2) is 0 Å². The molecule has 0 radical (unpaired) electrons. The zero-order chi connectivity index (χ0) is 20.8. The summed E-state index contributed by atoms with van der Waals surface area (Å²) in [7, 11) is 2.09. The minimum atomic E-state index is 0.319. The van der Waals surface area contributed by atoms with Crippen LogP contribution in [0.2, 0.25) is 0 Å². The first-order valence-electron chi connectivity index (χ1n) is 11.2. The zero-order valence-corrected chi connectivity index (χ0v) is 19.0. The molecule has 2 saturated heterocycles. The summed E-state index contributed by atoms with van der Waals surface area (Å²) in [5.41, 5.74) is 4.25. The highest BCUT2D eigenvalue weighted by atomic mass is 15.3. The number of likely N-dealkylation sites (tertiary alicyclic amines) is 2. The number of rotatable bonds is 5. The molecule has 2 aromatic heterocycles. The van der Waals surface area contributed by atoms with Gasteiger partial charge in [0.25, 0.3) is 0 Å². The van der Waals surface area contributed by atoms with Crippen molar-refractivity contribution in [3.8, 4) is 0 Å². The normalized spacial score (nSPS) is 22.9. The molecule has 2 aliphatic heterocycles. The Bertz CT molecular complexity index is 841. The van der Waals surface area contributed by atoms with Crippen molar-refractivity contribution in [1.29, 1.82) is 0 Å². The van der Waals surface area contributed by atoms with Gasteiger partial charge in [-0.1, -0.05) is 0 Å². The number of piperidine rings is 1. The van der Waals surface area contributed by atoms with Crippen LogP contribution in [-0.2, 0) is 20.1 Å². The van der Waals surface area contributed by atoms with Gasteiger partial charge < -0.3 is 4.57 Å². The van der Waals surface area contributed by atoms with Gasteiger partial charge >= 0.3 is 0 Å². The van der Waals surface area contributed by atoms with E-state index in [0.29, 0.717) is 17.4 Å². The third-order valence-electron chi connectivity index (χ3n) is 7.53. The summed E-state index contributed by atoms with van der Waals surface area (Å²) in [5, 5.41) is 13.4. The second kappa shape index (κ2) is 7.84. The zero-order valence-electron chi connectivity index (χ0n) is 19.0. The molecule has 0 bridgehead atoms. The fraction of sp³-hybridized carbons (Fsp3) is 0.773. The van der Waals surface area contributed by atoms with Crippen LogP contribution in [0.25, 0.3) is 0 Å². The smallest absolute Gasteiger partial charge is 0.137 e. The number of hydrogen-bond acceptors (Lipinski definition) is 5. The van der Waals surface area contributed by atoms with Crippen molar-refractivity contribution in [3.05, 3.63) is 29.1 Å². The molecule has 4 heterocycles. The second-order valence-electron chi connectivity index (χ2n) is 9.48. The molecule has 0 aliphatic carbocycles. The molecule has 2 aromatic rings. The summed E-state index contributed by atoms with van der Waals surface area (Å²) >= 11 is 0. The molecule has 160 valence electrons. The fourth-order valence-electron chi connectivity index (χ4n) is 5.52. The van der Waals surface area contributed by atoms with Crippen molar-refractivity contribution >= 4 is 0 Å². The molecule has 0 amide bonds. The maximum absolute atomic E-state index is 4.72. The van der Waals surface area contributed by atoms with Crippen LogP contribution >= 0.6 is 0 Å². The van der Waals surface area contributed by atoms with E-state index in [9.17, 15) is 0 Å². The van der Waals surface area contributed by atoms with Gasteiger partial charge in [0.1, 0.15) is 12.2 Å². The Morgan fingerprint density at radius 1 is 1.21 bits per heavy atom. The van der Waals surface area contributed by atoms with Gasteiger partial charge in [-0.3, -0.25) is 14.5 Å². The second-order valence-corrected chi connectivity index (χ2v) is 9.48. The molecule has 2 fully saturated rings. The topological polar surface area (TPSA) is 55.0 Å². The molecule has 1 spiro atoms. The molecule has 29 heavy (non-hydrogen) atoms. The van der Waals surface area contributed by atoms with Gasteiger partial charge in [-0.2, -0.15) is 5.10 Å². The monoisotopic (exact) mass is 399 g/mol. The predicted molar refractivity (Wildman–Crippen MR) is 115 cm³/mol. The number of aromatic nitrogens is 5. The highest BCUT2D eigenvalue weighted by Crippen LogP contribution is 2.49. The van der Waals surface area contributed by atoms with Crippen molar-refractivity contribution in [2.45, 2.75) is 72.5 Å². The van der Waals surface area contributed by atoms with Crippen LogP contribution in [0.4, 0.5) is 0 Å². The molecule has 0 N–H and O–H groups in total. The first-order chi connectivity index (χ1) is 13.8. The van der Waals surface area contributed by atoms with Gasteiger partial charge in [-0.05, 0) is 66.0 Å². The molecular weight excluding hydrogens is 362 g/mol. The lowest BCUT2D eigenvalue weighted by molar-refractivity contribution is 0.0863. The highest BCUT2D eigenvalue weighted by Gasteiger charge is 2.50. The third kappa shape index (κ3) is 3.63. The Morgan fingerprint density at radius 2 is 1.93 bits per heavy atom. The van der Waals surface area contributed by atoms with Crippen LogP contribution in [0.15, 0.2) is 6.33 Å². The summed E-state index contributed by atoms with van der Waals surface area (Å²) in [4.78, 5) is 5.28. The lowest BCUT2D eigenvalue weighted by Crippen LogP contribution is -2.44. The molecule has 0 aromatic carbocycles. The van der Waals surface area contributed by atoms with Crippen LogP contribution in [0, 0.1) is 19.3 Å². The van der Waals surface area contributed by atoms with E-state index in [-0.39, 0.29) is 0 Å². The summed E-state index contributed by atoms with van der Waals surface area (Å²) in [6, 6.07) is 0.577. The lowest BCUT2D eigenvalue weighted by atomic mass is 9.70. The quantitative estimate of drug-likeness (QED) is 0.774. The molecule has 2 aliphatic rings. The molecule has 4 rings (SSSR count). The van der Waals surface area contributed by atoms with Gasteiger partial charge in [0.15, 0.2) is 0 Å². The van der Waals surface area contributed by atoms with Crippen LogP contribution in [-0.4, -0.2) is 66.6 Å². The standard InChI is InChI=1S/C22H37N7/c1-7-29-18(5)19(17(4)25-29)12-27-10-8-22(9-11-27)14-28(16(2)3)13-20(22)21-24-23-15-26(21)6/h15-16,20H,7-14H2,1-6H3. The minimum absolute atomic E-state index is 0.319. The SMILES string of the molecule is CCn1nc(C)c(CN2CCC3(CC2)CN(C(C)C)CC3c2nncn2C)c1C. The Hall–Kier alpha value is -1.73. The van der Waals surface area contributed by atoms with Crippen LogP contribution < -0.4 is 0 Å². The van der Waals surface area contributed by atoms with E-state index in [4.69, 9.17) is 5.10 Å². The van der Waals surface area contributed by atoms with E-state index < -0.39 is 0 Å². The average Bonchev–Trinajstić information content (AvgIpc) is 3.35. The van der Waals surface area contributed by atoms with Crippen LogP contribution in [0.5, 0.6) is 0 Å². The predicted octanol–water partition coefficient (Wildman–Crippen LogP) is 2.74. The Balaban J connectivity index is 1.50. The molecule has 1 unspecified atom stereocenters.